The number of ether oxygens (including phenoxy) is 2. The number of Topliss-reactive ketones (excluding diaryl/α,β-unsaturated/α-hetero) is 1. The molecule has 1 N–H and O–H groups in total. The Balaban J connectivity index is 1.34. The van der Waals surface area contributed by atoms with E-state index >= 15 is 0 Å². The molecule has 11 heteroatoms. The Labute approximate surface area is 216 Å². The standard InChI is InChI=1S/C26H21FN6O3S/c27-25-21(2-1-7-29-25)22(34)12-17-3-5-19(6-4-17)36-24-14-18(33-8-10-35-11-9-33)13-23(31-24)32-26-30-16-20(15-28)37-26/h1-7,13-14,16H,8-12H2,(H,30,31,32). The number of aromatic nitrogens is 3. The fourth-order valence-corrected chi connectivity index (χ4v) is 4.40. The number of carbonyl (C=O) groups is 1. The van der Waals surface area contributed by atoms with Gasteiger partial charge in [-0.3, -0.25) is 4.79 Å². The van der Waals surface area contributed by atoms with E-state index in [1.807, 2.05) is 12.1 Å². The van der Waals surface area contributed by atoms with Gasteiger partial charge in [0.05, 0.1) is 25.0 Å². The van der Waals surface area contributed by atoms with Crippen molar-refractivity contribution in [3.63, 3.8) is 0 Å². The normalized spacial score (nSPS) is 13.1. The lowest BCUT2D eigenvalue weighted by atomic mass is 10.0. The molecular weight excluding hydrogens is 495 g/mol. The summed E-state index contributed by atoms with van der Waals surface area (Å²) in [6.45, 7) is 2.72. The quantitative estimate of drug-likeness (QED) is 0.262. The van der Waals surface area contributed by atoms with Gasteiger partial charge in [0.15, 0.2) is 10.9 Å². The van der Waals surface area contributed by atoms with Crippen molar-refractivity contribution < 1.29 is 18.7 Å². The van der Waals surface area contributed by atoms with Crippen LogP contribution in [0.25, 0.3) is 0 Å². The van der Waals surface area contributed by atoms with Crippen molar-refractivity contribution in [3.05, 3.63) is 82.9 Å². The molecule has 0 amide bonds. The topological polar surface area (TPSA) is 113 Å². The van der Waals surface area contributed by atoms with Crippen molar-refractivity contribution in [3.8, 4) is 17.7 Å². The minimum Gasteiger partial charge on any atom is -0.439 e. The summed E-state index contributed by atoms with van der Waals surface area (Å²) in [5.41, 5.74) is 1.60. The third kappa shape index (κ3) is 6.06. The van der Waals surface area contributed by atoms with Crippen molar-refractivity contribution in [1.29, 1.82) is 5.26 Å². The number of nitriles is 1. The Morgan fingerprint density at radius 3 is 2.73 bits per heavy atom. The second-order valence-electron chi connectivity index (χ2n) is 8.10. The van der Waals surface area contributed by atoms with Gasteiger partial charge in [-0.1, -0.05) is 23.5 Å². The Morgan fingerprint density at radius 1 is 1.19 bits per heavy atom. The molecule has 1 aromatic carbocycles. The summed E-state index contributed by atoms with van der Waals surface area (Å²) in [4.78, 5) is 27.4. The highest BCUT2D eigenvalue weighted by atomic mass is 32.1. The molecule has 5 rings (SSSR count). The Bertz CT molecular complexity index is 1450. The van der Waals surface area contributed by atoms with E-state index in [1.165, 1.54) is 35.9 Å². The number of benzene rings is 1. The van der Waals surface area contributed by atoms with Crippen LogP contribution in [0.4, 0.5) is 21.0 Å². The second-order valence-corrected chi connectivity index (χ2v) is 9.13. The highest BCUT2D eigenvalue weighted by molar-refractivity contribution is 7.16. The molecule has 0 saturated carbocycles. The monoisotopic (exact) mass is 516 g/mol. The van der Waals surface area contributed by atoms with E-state index in [-0.39, 0.29) is 17.8 Å². The van der Waals surface area contributed by atoms with Gasteiger partial charge in [0.2, 0.25) is 11.8 Å². The van der Waals surface area contributed by atoms with Crippen LogP contribution in [0.2, 0.25) is 0 Å². The Kier molecular flexibility index (Phi) is 7.30. The molecule has 4 heterocycles. The fraction of sp³-hybridized carbons (Fsp3) is 0.192. The maximum atomic E-state index is 13.8. The predicted octanol–water partition coefficient (Wildman–Crippen LogP) is 4.74. The number of thiazole rings is 1. The van der Waals surface area contributed by atoms with Crippen LogP contribution in [0.5, 0.6) is 11.6 Å². The molecule has 4 aromatic rings. The van der Waals surface area contributed by atoms with E-state index in [0.29, 0.717) is 40.7 Å². The second kappa shape index (κ2) is 11.1. The van der Waals surface area contributed by atoms with Gasteiger partial charge in [-0.15, -0.1) is 0 Å². The summed E-state index contributed by atoms with van der Waals surface area (Å²) in [7, 11) is 0. The smallest absolute Gasteiger partial charge is 0.223 e. The Morgan fingerprint density at radius 2 is 2.00 bits per heavy atom. The van der Waals surface area contributed by atoms with Crippen LogP contribution in [0.15, 0.2) is 60.9 Å². The zero-order valence-corrected chi connectivity index (χ0v) is 20.4. The van der Waals surface area contributed by atoms with E-state index in [0.717, 1.165) is 24.3 Å². The lowest BCUT2D eigenvalue weighted by Gasteiger charge is -2.29. The average molecular weight is 517 g/mol. The van der Waals surface area contributed by atoms with Gasteiger partial charge < -0.3 is 19.7 Å². The van der Waals surface area contributed by atoms with Crippen LogP contribution in [0.1, 0.15) is 20.8 Å². The number of carbonyl (C=O) groups excluding carboxylic acids is 1. The number of rotatable bonds is 8. The fourth-order valence-electron chi connectivity index (χ4n) is 3.78. The molecule has 0 atom stereocenters. The Hall–Kier alpha value is -4.40. The molecule has 0 spiro atoms. The van der Waals surface area contributed by atoms with Crippen LogP contribution in [-0.2, 0) is 11.2 Å². The van der Waals surface area contributed by atoms with Crippen LogP contribution >= 0.6 is 11.3 Å². The first kappa shape index (κ1) is 24.3. The number of hydrogen-bond donors (Lipinski definition) is 1. The van der Waals surface area contributed by atoms with Gasteiger partial charge in [-0.05, 0) is 29.8 Å². The number of hydrogen-bond acceptors (Lipinski definition) is 10. The number of nitrogens with one attached hydrogen (secondary N) is 1. The summed E-state index contributed by atoms with van der Waals surface area (Å²) < 4.78 is 25.3. The van der Waals surface area contributed by atoms with Crippen LogP contribution in [0, 0.1) is 17.3 Å². The maximum Gasteiger partial charge on any atom is 0.223 e. The van der Waals surface area contributed by atoms with Crippen LogP contribution in [-0.4, -0.2) is 47.0 Å². The minimum atomic E-state index is -0.773. The summed E-state index contributed by atoms with van der Waals surface area (Å²) >= 11 is 1.23. The molecule has 0 bridgehead atoms. The molecule has 1 aliphatic heterocycles. The predicted molar refractivity (Wildman–Crippen MR) is 136 cm³/mol. The van der Waals surface area contributed by atoms with Crippen molar-refractivity contribution in [2.75, 3.05) is 36.5 Å². The summed E-state index contributed by atoms with van der Waals surface area (Å²) in [5, 5.41) is 12.8. The van der Waals surface area contributed by atoms with Crippen molar-refractivity contribution >= 4 is 33.8 Å². The first-order valence-corrected chi connectivity index (χ1v) is 12.3. The molecule has 186 valence electrons. The van der Waals surface area contributed by atoms with Crippen molar-refractivity contribution in [1.82, 2.24) is 15.0 Å². The zero-order valence-electron chi connectivity index (χ0n) is 19.6. The highest BCUT2D eigenvalue weighted by Gasteiger charge is 2.16. The van der Waals surface area contributed by atoms with Gasteiger partial charge >= 0.3 is 0 Å². The number of ketones is 1. The molecule has 9 nitrogen and oxygen atoms in total. The van der Waals surface area contributed by atoms with Gasteiger partial charge in [0.1, 0.15) is 22.5 Å². The van der Waals surface area contributed by atoms with Crippen molar-refractivity contribution in [2.45, 2.75) is 6.42 Å². The van der Waals surface area contributed by atoms with Gasteiger partial charge in [-0.25, -0.2) is 9.97 Å². The molecule has 1 fully saturated rings. The SMILES string of the molecule is N#Cc1cnc(Nc2cc(N3CCOCC3)cc(Oc3ccc(CC(=O)c4cccnc4F)cc3)n2)s1. The molecule has 3 aromatic heterocycles. The number of morpholine rings is 1. The van der Waals surface area contributed by atoms with E-state index in [1.54, 1.807) is 24.3 Å². The number of pyridine rings is 2. The first-order valence-electron chi connectivity index (χ1n) is 11.5. The molecule has 0 unspecified atom stereocenters. The maximum absolute atomic E-state index is 13.8. The minimum absolute atomic E-state index is 0.0332. The van der Waals surface area contributed by atoms with E-state index in [2.05, 4.69) is 31.2 Å². The lowest BCUT2D eigenvalue weighted by Crippen LogP contribution is -2.36. The highest BCUT2D eigenvalue weighted by Crippen LogP contribution is 2.30. The molecule has 37 heavy (non-hydrogen) atoms. The van der Waals surface area contributed by atoms with E-state index in [9.17, 15) is 9.18 Å². The molecule has 1 saturated heterocycles. The van der Waals surface area contributed by atoms with Gasteiger partial charge in [0.25, 0.3) is 0 Å². The van der Waals surface area contributed by atoms with E-state index in [4.69, 9.17) is 14.7 Å². The third-order valence-corrected chi connectivity index (χ3v) is 6.40. The van der Waals surface area contributed by atoms with Gasteiger partial charge in [0, 0.05) is 43.5 Å². The zero-order chi connectivity index (χ0) is 25.6. The van der Waals surface area contributed by atoms with Crippen LogP contribution in [0.3, 0.4) is 0 Å². The molecule has 1 aliphatic rings. The summed E-state index contributed by atoms with van der Waals surface area (Å²) in [5.74, 6) is 0.298. The number of anilines is 3. The summed E-state index contributed by atoms with van der Waals surface area (Å²) in [6.07, 6.45) is 2.85. The molecular formula is C26H21FN6O3S. The van der Waals surface area contributed by atoms with Gasteiger partial charge in [-0.2, -0.15) is 14.6 Å². The largest absolute Gasteiger partial charge is 0.439 e. The third-order valence-electron chi connectivity index (χ3n) is 5.58. The van der Waals surface area contributed by atoms with E-state index < -0.39 is 5.95 Å². The molecule has 0 aliphatic carbocycles. The molecule has 0 radical (unpaired) electrons. The first-order chi connectivity index (χ1) is 18.1. The number of halogens is 1. The number of nitrogens with zero attached hydrogens (tertiary/aromatic N) is 5. The van der Waals surface area contributed by atoms with Crippen molar-refractivity contribution in [2.24, 2.45) is 0 Å². The van der Waals surface area contributed by atoms with Crippen LogP contribution < -0.4 is 15.0 Å². The lowest BCUT2D eigenvalue weighted by molar-refractivity contribution is 0.0988. The average Bonchev–Trinajstić information content (AvgIpc) is 3.38. The summed E-state index contributed by atoms with van der Waals surface area (Å²) in [6, 6.07) is 15.8.